The zero-order chi connectivity index (χ0) is 51.4. The minimum atomic E-state index is -0.787. The molecule has 0 radical (unpaired) electrons. The van der Waals surface area contributed by atoms with Crippen molar-refractivity contribution < 1.29 is 28.6 Å². The van der Waals surface area contributed by atoms with E-state index < -0.39 is 6.10 Å². The third-order valence-electron chi connectivity index (χ3n) is 12.3. The van der Waals surface area contributed by atoms with E-state index in [9.17, 15) is 14.4 Å². The molecule has 0 saturated carbocycles. The van der Waals surface area contributed by atoms with Gasteiger partial charge in [0, 0.05) is 19.3 Å². The molecule has 6 nitrogen and oxygen atoms in total. The number of esters is 3. The number of allylic oxidation sites excluding steroid dienone is 18. The Labute approximate surface area is 438 Å². The molecule has 0 N–H and O–H groups in total. The van der Waals surface area contributed by atoms with Crippen LogP contribution in [0.5, 0.6) is 0 Å². The zero-order valence-corrected chi connectivity index (χ0v) is 46.2. The number of carbonyl (C=O) groups is 3. The highest BCUT2D eigenvalue weighted by Crippen LogP contribution is 2.16. The van der Waals surface area contributed by atoms with Crippen LogP contribution in [0.4, 0.5) is 0 Å². The highest BCUT2D eigenvalue weighted by Gasteiger charge is 2.19. The molecule has 1 atom stereocenters. The van der Waals surface area contributed by atoms with Crippen molar-refractivity contribution in [1.82, 2.24) is 0 Å². The fraction of sp³-hybridized carbons (Fsp3) is 0.677. The molecule has 0 aromatic carbocycles. The Morgan fingerprint density at radius 1 is 0.296 bits per heavy atom. The van der Waals surface area contributed by atoms with Crippen molar-refractivity contribution in [3.63, 3.8) is 0 Å². The van der Waals surface area contributed by atoms with Gasteiger partial charge in [-0.15, -0.1) is 0 Å². The molecule has 71 heavy (non-hydrogen) atoms. The van der Waals surface area contributed by atoms with E-state index in [1.165, 1.54) is 89.9 Å². The van der Waals surface area contributed by atoms with Crippen LogP contribution in [0.3, 0.4) is 0 Å². The second kappa shape index (κ2) is 58.6. The molecule has 0 spiro atoms. The maximum Gasteiger partial charge on any atom is 0.306 e. The zero-order valence-electron chi connectivity index (χ0n) is 46.2. The van der Waals surface area contributed by atoms with Gasteiger partial charge in [-0.2, -0.15) is 0 Å². The third-order valence-corrected chi connectivity index (χ3v) is 12.3. The van der Waals surface area contributed by atoms with Crippen LogP contribution in [0, 0.1) is 0 Å². The van der Waals surface area contributed by atoms with E-state index in [1.807, 2.05) is 0 Å². The van der Waals surface area contributed by atoms with Gasteiger partial charge >= 0.3 is 17.9 Å². The van der Waals surface area contributed by atoms with Gasteiger partial charge in [0.15, 0.2) is 6.10 Å². The molecule has 0 bridgehead atoms. The molecule has 0 aliphatic rings. The van der Waals surface area contributed by atoms with Gasteiger partial charge in [0.2, 0.25) is 0 Å². The maximum atomic E-state index is 12.8. The van der Waals surface area contributed by atoms with Crippen LogP contribution in [0.25, 0.3) is 0 Å². The number of rotatable bonds is 52. The van der Waals surface area contributed by atoms with E-state index >= 15 is 0 Å². The van der Waals surface area contributed by atoms with Crippen LogP contribution < -0.4 is 0 Å². The molecule has 0 amide bonds. The lowest BCUT2D eigenvalue weighted by molar-refractivity contribution is -0.167. The van der Waals surface area contributed by atoms with Crippen molar-refractivity contribution in [3.05, 3.63) is 109 Å². The summed E-state index contributed by atoms with van der Waals surface area (Å²) in [5.74, 6) is -0.925. The lowest BCUT2D eigenvalue weighted by Crippen LogP contribution is -2.30. The minimum absolute atomic E-state index is 0.0876. The Bertz CT molecular complexity index is 1460. The normalized spacial score (nSPS) is 12.9. The molecule has 0 aromatic heterocycles. The van der Waals surface area contributed by atoms with Crippen molar-refractivity contribution in [3.8, 4) is 0 Å². The largest absolute Gasteiger partial charge is 0.462 e. The van der Waals surface area contributed by atoms with E-state index in [0.29, 0.717) is 19.3 Å². The Balaban J connectivity index is 4.04. The first-order chi connectivity index (χ1) is 35.0. The summed E-state index contributed by atoms with van der Waals surface area (Å²) in [5, 5.41) is 0. The van der Waals surface area contributed by atoms with Crippen LogP contribution in [0.1, 0.15) is 265 Å². The Morgan fingerprint density at radius 3 is 0.859 bits per heavy atom. The predicted octanol–water partition coefficient (Wildman–Crippen LogP) is 19.9. The summed E-state index contributed by atoms with van der Waals surface area (Å²) < 4.78 is 16.7. The fourth-order valence-electron chi connectivity index (χ4n) is 7.93. The summed E-state index contributed by atoms with van der Waals surface area (Å²) in [5.41, 5.74) is 0. The van der Waals surface area contributed by atoms with E-state index in [1.54, 1.807) is 0 Å². The average Bonchev–Trinajstić information content (AvgIpc) is 3.37. The maximum absolute atomic E-state index is 12.8. The number of ether oxygens (including phenoxy) is 3. The molecule has 1 unspecified atom stereocenters. The second-order valence-corrected chi connectivity index (χ2v) is 19.1. The van der Waals surface area contributed by atoms with Gasteiger partial charge in [0.25, 0.3) is 0 Å². The Kier molecular flexibility index (Phi) is 55.4. The molecular weight excluding hydrogens is 877 g/mol. The Hall–Kier alpha value is -3.93. The van der Waals surface area contributed by atoms with Gasteiger partial charge < -0.3 is 14.2 Å². The van der Waals surface area contributed by atoms with Crippen LogP contribution in [-0.2, 0) is 28.6 Å². The number of hydrogen-bond donors (Lipinski definition) is 0. The van der Waals surface area contributed by atoms with Crippen molar-refractivity contribution in [1.29, 1.82) is 0 Å². The SMILES string of the molecule is CC/C=C\C/C=C\C/C=C\C/C=C\C/C=C\CCCCCCCCCCCCCCCCCC(=O)OCC(COC(=O)CCCCCCC)OC(=O)CCCCCC/C=C\C/C=C\C/C=C\C/C=C\CC. The molecule has 0 fully saturated rings. The summed E-state index contributed by atoms with van der Waals surface area (Å²) in [4.78, 5) is 37.8. The molecule has 0 saturated heterocycles. The van der Waals surface area contributed by atoms with E-state index in [-0.39, 0.29) is 31.1 Å². The van der Waals surface area contributed by atoms with Crippen LogP contribution in [0.15, 0.2) is 109 Å². The first kappa shape index (κ1) is 67.1. The summed E-state index contributed by atoms with van der Waals surface area (Å²) in [6.07, 6.45) is 80.0. The van der Waals surface area contributed by atoms with E-state index in [2.05, 4.69) is 130 Å². The molecule has 404 valence electrons. The summed E-state index contributed by atoms with van der Waals surface area (Å²) in [6, 6.07) is 0. The molecular formula is C65H108O6. The van der Waals surface area contributed by atoms with Gasteiger partial charge in [-0.05, 0) is 103 Å². The number of unbranched alkanes of at least 4 members (excludes halogenated alkanes) is 23. The molecule has 0 rings (SSSR count). The minimum Gasteiger partial charge on any atom is -0.462 e. The highest BCUT2D eigenvalue weighted by molar-refractivity contribution is 5.71. The van der Waals surface area contributed by atoms with Crippen molar-refractivity contribution >= 4 is 17.9 Å². The molecule has 6 heteroatoms. The smallest absolute Gasteiger partial charge is 0.306 e. The highest BCUT2D eigenvalue weighted by atomic mass is 16.6. The van der Waals surface area contributed by atoms with E-state index in [4.69, 9.17) is 14.2 Å². The monoisotopic (exact) mass is 985 g/mol. The van der Waals surface area contributed by atoms with Crippen LogP contribution >= 0.6 is 0 Å². The van der Waals surface area contributed by atoms with Gasteiger partial charge in [-0.1, -0.05) is 252 Å². The van der Waals surface area contributed by atoms with Crippen molar-refractivity contribution in [2.24, 2.45) is 0 Å². The van der Waals surface area contributed by atoms with Gasteiger partial charge in [0.1, 0.15) is 13.2 Å². The molecule has 0 aliphatic carbocycles. The molecule has 0 heterocycles. The second-order valence-electron chi connectivity index (χ2n) is 19.1. The summed E-state index contributed by atoms with van der Waals surface area (Å²) in [6.45, 7) is 6.31. The average molecular weight is 986 g/mol. The lowest BCUT2D eigenvalue weighted by Gasteiger charge is -2.18. The first-order valence-corrected chi connectivity index (χ1v) is 29.4. The molecule has 0 aromatic rings. The molecule has 0 aliphatic heterocycles. The standard InChI is InChI=1S/C65H108O6/c1-4-7-10-13-15-17-19-21-23-25-26-27-28-29-30-31-32-33-34-35-36-37-38-40-41-43-45-47-49-52-55-58-64(67)70-61-62(60-69-63(66)57-54-51-12-9-6-3)71-65(68)59-56-53-50-48-46-44-42-39-24-22-20-18-16-14-11-8-5-2/h7-8,10-11,15-18,21-24,26-27,29-30,42,44,62H,4-6,9,12-14,19-20,25,28,31-41,43,45-61H2,1-3H3/b10-7-,11-8-,17-15-,18-16-,23-21-,24-22-,27-26-,30-29-,44-42-. The Morgan fingerprint density at radius 2 is 0.549 bits per heavy atom. The van der Waals surface area contributed by atoms with Crippen molar-refractivity contribution in [2.75, 3.05) is 13.2 Å². The topological polar surface area (TPSA) is 78.9 Å². The van der Waals surface area contributed by atoms with Gasteiger partial charge in [0.05, 0.1) is 0 Å². The summed E-state index contributed by atoms with van der Waals surface area (Å²) >= 11 is 0. The predicted molar refractivity (Wildman–Crippen MR) is 307 cm³/mol. The first-order valence-electron chi connectivity index (χ1n) is 29.4. The fourth-order valence-corrected chi connectivity index (χ4v) is 7.93. The third kappa shape index (κ3) is 56.9. The van der Waals surface area contributed by atoms with Gasteiger partial charge in [-0.3, -0.25) is 14.4 Å². The van der Waals surface area contributed by atoms with Crippen LogP contribution in [0.2, 0.25) is 0 Å². The summed E-state index contributed by atoms with van der Waals surface area (Å²) in [7, 11) is 0. The lowest BCUT2D eigenvalue weighted by atomic mass is 10.0. The van der Waals surface area contributed by atoms with E-state index in [0.717, 1.165) is 135 Å². The van der Waals surface area contributed by atoms with Gasteiger partial charge in [-0.25, -0.2) is 0 Å². The quantitative estimate of drug-likeness (QED) is 0.0261. The number of hydrogen-bond acceptors (Lipinski definition) is 6. The van der Waals surface area contributed by atoms with Crippen LogP contribution in [-0.4, -0.2) is 37.2 Å². The van der Waals surface area contributed by atoms with Crippen molar-refractivity contribution in [2.45, 2.75) is 271 Å². The number of carbonyl (C=O) groups excluding carboxylic acids is 3.